The maximum atomic E-state index is 12.2. The molecule has 1 aliphatic heterocycles. The Labute approximate surface area is 182 Å². The van der Waals surface area contributed by atoms with Gasteiger partial charge in [0.2, 0.25) is 18.6 Å². The molecule has 0 saturated heterocycles. The van der Waals surface area contributed by atoms with E-state index in [2.05, 4.69) is 20.4 Å². The van der Waals surface area contributed by atoms with Gasteiger partial charge in [-0.15, -0.1) is 0 Å². The summed E-state index contributed by atoms with van der Waals surface area (Å²) in [5, 5.41) is 6.95. The Morgan fingerprint density at radius 2 is 1.94 bits per heavy atom. The van der Waals surface area contributed by atoms with Crippen LogP contribution in [0.25, 0.3) is 11.9 Å². The molecule has 32 heavy (non-hydrogen) atoms. The smallest absolute Gasteiger partial charge is 0.248 e. The molecule has 1 N–H and O–H groups in total. The lowest BCUT2D eigenvalue weighted by Gasteiger charge is -2.07. The van der Waals surface area contributed by atoms with E-state index in [0.29, 0.717) is 34.6 Å². The van der Waals surface area contributed by atoms with Gasteiger partial charge in [0.05, 0.1) is 0 Å². The molecule has 0 fully saturated rings. The number of hydrogen-bond acceptors (Lipinski definition) is 7. The average Bonchev–Trinajstić information content (AvgIpc) is 3.51. The molecule has 5 rings (SSSR count). The molecule has 3 heterocycles. The maximum absolute atomic E-state index is 12.2. The van der Waals surface area contributed by atoms with Gasteiger partial charge in [-0.25, -0.2) is 14.6 Å². The van der Waals surface area contributed by atoms with Gasteiger partial charge in [0.15, 0.2) is 17.3 Å². The third kappa shape index (κ3) is 4.41. The minimum atomic E-state index is -0.254. The second-order valence-corrected chi connectivity index (χ2v) is 6.73. The van der Waals surface area contributed by atoms with Gasteiger partial charge in [0.1, 0.15) is 12.1 Å². The molecule has 0 atom stereocenters. The lowest BCUT2D eigenvalue weighted by atomic mass is 10.2. The van der Waals surface area contributed by atoms with E-state index in [1.54, 1.807) is 59.5 Å². The fraction of sp³-hybridized carbons (Fsp3) is 0.0435. The van der Waals surface area contributed by atoms with Crippen LogP contribution in [-0.2, 0) is 4.79 Å². The Bertz CT molecular complexity index is 1270. The molecular formula is C23H17N5O4. The van der Waals surface area contributed by atoms with Gasteiger partial charge in [0.25, 0.3) is 0 Å². The Hall–Kier alpha value is -4.66. The molecule has 0 spiro atoms. The molecule has 9 heteroatoms. The lowest BCUT2D eigenvalue weighted by molar-refractivity contribution is -0.111. The van der Waals surface area contributed by atoms with E-state index >= 15 is 0 Å². The average molecular weight is 427 g/mol. The molecular weight excluding hydrogens is 410 g/mol. The van der Waals surface area contributed by atoms with E-state index in [0.717, 1.165) is 5.56 Å². The van der Waals surface area contributed by atoms with E-state index in [9.17, 15) is 4.79 Å². The quantitative estimate of drug-likeness (QED) is 0.467. The van der Waals surface area contributed by atoms with E-state index in [-0.39, 0.29) is 12.7 Å². The van der Waals surface area contributed by atoms with Gasteiger partial charge < -0.3 is 19.5 Å². The van der Waals surface area contributed by atoms with Crippen molar-refractivity contribution in [1.82, 2.24) is 19.7 Å². The van der Waals surface area contributed by atoms with Crippen molar-refractivity contribution in [2.45, 2.75) is 0 Å². The van der Waals surface area contributed by atoms with E-state index in [1.165, 1.54) is 12.4 Å². The molecule has 4 aromatic rings. The topological polar surface area (TPSA) is 100 Å². The lowest BCUT2D eigenvalue weighted by Crippen LogP contribution is -2.07. The number of carbonyl (C=O) groups excluding carboxylic acids is 1. The van der Waals surface area contributed by atoms with Crippen molar-refractivity contribution in [3.8, 4) is 28.9 Å². The summed E-state index contributed by atoms with van der Waals surface area (Å²) in [6, 6.07) is 16.0. The van der Waals surface area contributed by atoms with Gasteiger partial charge in [-0.1, -0.05) is 6.07 Å². The molecule has 0 aliphatic carbocycles. The van der Waals surface area contributed by atoms with Crippen LogP contribution in [-0.4, -0.2) is 32.4 Å². The van der Waals surface area contributed by atoms with Crippen molar-refractivity contribution < 1.29 is 19.0 Å². The number of fused-ring (bicyclic) bond motifs is 1. The van der Waals surface area contributed by atoms with Crippen LogP contribution in [0.4, 0.5) is 5.69 Å². The minimum absolute atomic E-state index is 0.214. The predicted octanol–water partition coefficient (Wildman–Crippen LogP) is 3.84. The predicted molar refractivity (Wildman–Crippen MR) is 116 cm³/mol. The molecule has 1 aliphatic rings. The molecule has 2 aromatic heterocycles. The van der Waals surface area contributed by atoms with Crippen LogP contribution in [0.15, 0.2) is 79.4 Å². The zero-order valence-electron chi connectivity index (χ0n) is 16.7. The maximum Gasteiger partial charge on any atom is 0.248 e. The van der Waals surface area contributed by atoms with Crippen LogP contribution >= 0.6 is 0 Å². The van der Waals surface area contributed by atoms with Crippen molar-refractivity contribution in [3.63, 3.8) is 0 Å². The summed E-state index contributed by atoms with van der Waals surface area (Å²) in [7, 11) is 0. The normalized spacial score (nSPS) is 12.1. The van der Waals surface area contributed by atoms with Gasteiger partial charge in [-0.3, -0.25) is 4.79 Å². The number of benzene rings is 2. The third-order valence-electron chi connectivity index (χ3n) is 4.53. The first kappa shape index (κ1) is 19.3. The highest BCUT2D eigenvalue weighted by molar-refractivity contribution is 6.02. The Morgan fingerprint density at radius 3 is 2.78 bits per heavy atom. The summed E-state index contributed by atoms with van der Waals surface area (Å²) in [5.41, 5.74) is 1.48. The van der Waals surface area contributed by atoms with E-state index < -0.39 is 0 Å². The van der Waals surface area contributed by atoms with Gasteiger partial charge in [-0.2, -0.15) is 5.10 Å². The summed E-state index contributed by atoms with van der Waals surface area (Å²) in [6.45, 7) is 0.214. The highest BCUT2D eigenvalue weighted by atomic mass is 16.7. The molecule has 2 aromatic carbocycles. The van der Waals surface area contributed by atoms with Crippen LogP contribution in [0.1, 0.15) is 5.56 Å². The van der Waals surface area contributed by atoms with Crippen LogP contribution in [0.2, 0.25) is 0 Å². The van der Waals surface area contributed by atoms with Crippen LogP contribution < -0.4 is 19.5 Å². The number of carbonyl (C=O) groups is 1. The largest absolute Gasteiger partial charge is 0.454 e. The van der Waals surface area contributed by atoms with Crippen molar-refractivity contribution in [2.24, 2.45) is 0 Å². The zero-order chi connectivity index (χ0) is 21.8. The zero-order valence-corrected chi connectivity index (χ0v) is 16.7. The van der Waals surface area contributed by atoms with E-state index in [1.807, 2.05) is 18.2 Å². The fourth-order valence-corrected chi connectivity index (χ4v) is 3.02. The first-order chi connectivity index (χ1) is 15.7. The molecule has 158 valence electrons. The Balaban J connectivity index is 1.19. The van der Waals surface area contributed by atoms with Gasteiger partial charge >= 0.3 is 0 Å². The van der Waals surface area contributed by atoms with Crippen molar-refractivity contribution >= 4 is 17.7 Å². The standard InChI is InChI=1S/C23H17N5O4/c29-22(9-3-16-2-8-19-20(12-16)31-15-30-19)27-17-4-6-18(7-5-17)32-23-13-21(24-14-25-23)28-11-1-10-26-28/h1-14H,15H2,(H,27,29)/b9-3+. The number of aromatic nitrogens is 4. The number of nitrogens with one attached hydrogen (secondary N) is 1. The number of amides is 1. The molecule has 0 bridgehead atoms. The van der Waals surface area contributed by atoms with Crippen molar-refractivity contribution in [1.29, 1.82) is 0 Å². The highest BCUT2D eigenvalue weighted by Gasteiger charge is 2.12. The third-order valence-corrected chi connectivity index (χ3v) is 4.53. The highest BCUT2D eigenvalue weighted by Crippen LogP contribution is 2.32. The second-order valence-electron chi connectivity index (χ2n) is 6.73. The SMILES string of the molecule is O=C(/C=C/c1ccc2c(c1)OCO2)Nc1ccc(Oc2cc(-n3cccn3)ncn2)cc1. The molecule has 0 saturated carbocycles. The summed E-state index contributed by atoms with van der Waals surface area (Å²) in [6.07, 6.45) is 8.03. The summed E-state index contributed by atoms with van der Waals surface area (Å²) >= 11 is 0. The number of hydrogen-bond donors (Lipinski definition) is 1. The Kier molecular flexibility index (Phi) is 5.19. The second kappa shape index (κ2) is 8.60. The van der Waals surface area contributed by atoms with Crippen molar-refractivity contribution in [2.75, 3.05) is 12.1 Å². The number of rotatable bonds is 6. The molecule has 0 unspecified atom stereocenters. The molecule has 0 radical (unpaired) electrons. The van der Waals surface area contributed by atoms with Crippen LogP contribution in [0.5, 0.6) is 23.1 Å². The number of nitrogens with zero attached hydrogens (tertiary/aromatic N) is 4. The molecule has 1 amide bonds. The van der Waals surface area contributed by atoms with E-state index in [4.69, 9.17) is 14.2 Å². The summed E-state index contributed by atoms with van der Waals surface area (Å²) in [4.78, 5) is 20.5. The first-order valence-electron chi connectivity index (χ1n) is 9.72. The minimum Gasteiger partial charge on any atom is -0.454 e. The first-order valence-corrected chi connectivity index (χ1v) is 9.72. The summed E-state index contributed by atoms with van der Waals surface area (Å²) < 4.78 is 18.0. The summed E-state index contributed by atoms with van der Waals surface area (Å²) in [5.74, 6) is 2.67. The number of anilines is 1. The van der Waals surface area contributed by atoms with Crippen LogP contribution in [0.3, 0.4) is 0 Å². The number of ether oxygens (including phenoxy) is 3. The fourth-order valence-electron chi connectivity index (χ4n) is 3.02. The monoisotopic (exact) mass is 427 g/mol. The van der Waals surface area contributed by atoms with Gasteiger partial charge in [-0.05, 0) is 54.1 Å². The van der Waals surface area contributed by atoms with Gasteiger partial charge in [0, 0.05) is 30.2 Å². The van der Waals surface area contributed by atoms with Crippen molar-refractivity contribution in [3.05, 3.63) is 85.0 Å². The Morgan fingerprint density at radius 1 is 1.06 bits per heavy atom. The molecule has 9 nitrogen and oxygen atoms in total. The van der Waals surface area contributed by atoms with Crippen LogP contribution in [0, 0.1) is 0 Å².